The van der Waals surface area contributed by atoms with E-state index < -0.39 is 8.07 Å². The largest absolute Gasteiger partial charge is 0.132 e. The number of allylic oxidation sites excluding steroid dienone is 2. The van der Waals surface area contributed by atoms with E-state index in [1.165, 1.54) is 0 Å². The first-order valence-electron chi connectivity index (χ1n) is 4.71. The van der Waals surface area contributed by atoms with Gasteiger partial charge in [-0.3, -0.25) is 0 Å². The molecule has 0 bridgehead atoms. The minimum Gasteiger partial charge on any atom is -0.132 e. The molecule has 0 aromatic carbocycles. The molecule has 68 valence electrons. The second-order valence-electron chi connectivity index (χ2n) is 3.97. The lowest BCUT2D eigenvalue weighted by molar-refractivity contribution is 1.07. The molecule has 0 N–H and O–H groups in total. The number of unbranched alkanes of at least 4 members (excludes halogenated alkanes) is 1. The number of rotatable bonds is 3. The Morgan fingerprint density at radius 3 is 2.33 bits per heavy atom. The zero-order chi connectivity index (χ0) is 9.45. The van der Waals surface area contributed by atoms with Gasteiger partial charge in [0, 0.05) is 6.42 Å². The molecule has 1 heteroatoms. The summed E-state index contributed by atoms with van der Waals surface area (Å²) in [5.74, 6) is 3.24. The Labute approximate surface area is 78.1 Å². The fraction of sp³-hybridized carbons (Fsp3) is 0.636. The van der Waals surface area contributed by atoms with Gasteiger partial charge in [0.2, 0.25) is 0 Å². The van der Waals surface area contributed by atoms with Crippen molar-refractivity contribution < 1.29 is 0 Å². The fourth-order valence-corrected chi connectivity index (χ4v) is 1.42. The second-order valence-corrected chi connectivity index (χ2v) is 8.72. The van der Waals surface area contributed by atoms with Crippen LogP contribution < -0.4 is 0 Å². The molecule has 0 spiro atoms. The summed E-state index contributed by atoms with van der Waals surface area (Å²) in [7, 11) is -1.11. The monoisotopic (exact) mass is 180 g/mol. The fourth-order valence-electron chi connectivity index (χ4n) is 0.768. The first-order chi connectivity index (χ1) is 5.56. The van der Waals surface area contributed by atoms with E-state index in [1.54, 1.807) is 0 Å². The van der Waals surface area contributed by atoms with Crippen molar-refractivity contribution in [3.8, 4) is 11.5 Å². The second kappa shape index (κ2) is 6.08. The van der Waals surface area contributed by atoms with Gasteiger partial charge < -0.3 is 0 Å². The molecule has 0 unspecified atom stereocenters. The van der Waals surface area contributed by atoms with E-state index in [0.29, 0.717) is 0 Å². The van der Waals surface area contributed by atoms with E-state index in [-0.39, 0.29) is 0 Å². The standard InChI is InChI=1S/C11H20Si/c1-5-6-7-8-9-10-11-12(2,3)4/h6-7H,5,8-9H2,1-4H3/b7-6+. The molecule has 0 aliphatic rings. The maximum Gasteiger partial charge on any atom is 0.129 e. The van der Waals surface area contributed by atoms with E-state index in [0.717, 1.165) is 19.3 Å². The molecule has 0 saturated carbocycles. The van der Waals surface area contributed by atoms with Crippen molar-refractivity contribution in [3.63, 3.8) is 0 Å². The first-order valence-corrected chi connectivity index (χ1v) is 8.21. The quantitative estimate of drug-likeness (QED) is 0.269. The zero-order valence-corrected chi connectivity index (χ0v) is 9.78. The molecule has 0 nitrogen and oxygen atoms in total. The molecule has 0 saturated heterocycles. The Morgan fingerprint density at radius 1 is 1.17 bits per heavy atom. The van der Waals surface area contributed by atoms with Crippen LogP contribution in [0.5, 0.6) is 0 Å². The summed E-state index contributed by atoms with van der Waals surface area (Å²) in [5, 5.41) is 0. The summed E-state index contributed by atoms with van der Waals surface area (Å²) in [5.41, 5.74) is 3.35. The van der Waals surface area contributed by atoms with Gasteiger partial charge in [0.1, 0.15) is 8.07 Å². The van der Waals surface area contributed by atoms with Gasteiger partial charge in [0.25, 0.3) is 0 Å². The highest BCUT2D eigenvalue weighted by atomic mass is 28.3. The molecule has 0 aliphatic carbocycles. The Balaban J connectivity index is 3.53. The van der Waals surface area contributed by atoms with Crippen LogP contribution >= 0.6 is 0 Å². The summed E-state index contributed by atoms with van der Waals surface area (Å²) in [4.78, 5) is 0. The van der Waals surface area contributed by atoms with Crippen LogP contribution in [0.15, 0.2) is 12.2 Å². The molecule has 0 radical (unpaired) electrons. The van der Waals surface area contributed by atoms with Crippen molar-refractivity contribution in [1.29, 1.82) is 0 Å². The van der Waals surface area contributed by atoms with Gasteiger partial charge in [0.05, 0.1) is 0 Å². The lowest BCUT2D eigenvalue weighted by Crippen LogP contribution is -2.16. The van der Waals surface area contributed by atoms with Crippen molar-refractivity contribution in [2.24, 2.45) is 0 Å². The zero-order valence-electron chi connectivity index (χ0n) is 8.78. The SMILES string of the molecule is CC/C=C/CCC#C[Si](C)(C)C. The molecule has 12 heavy (non-hydrogen) atoms. The summed E-state index contributed by atoms with van der Waals surface area (Å²) >= 11 is 0. The predicted molar refractivity (Wildman–Crippen MR) is 59.8 cm³/mol. The van der Waals surface area contributed by atoms with E-state index in [9.17, 15) is 0 Å². The molecule has 0 aromatic rings. The van der Waals surface area contributed by atoms with Crippen LogP contribution in [0, 0.1) is 11.5 Å². The van der Waals surface area contributed by atoms with Crippen molar-refractivity contribution in [2.75, 3.05) is 0 Å². The van der Waals surface area contributed by atoms with Crippen molar-refractivity contribution in [2.45, 2.75) is 45.8 Å². The molecule has 0 atom stereocenters. The highest BCUT2D eigenvalue weighted by Gasteiger charge is 2.06. The van der Waals surface area contributed by atoms with Crippen LogP contribution in [0.3, 0.4) is 0 Å². The van der Waals surface area contributed by atoms with Gasteiger partial charge in [-0.2, -0.15) is 0 Å². The predicted octanol–water partition coefficient (Wildman–Crippen LogP) is 3.61. The Morgan fingerprint density at radius 2 is 1.83 bits per heavy atom. The molecule has 0 aromatic heterocycles. The first kappa shape index (κ1) is 11.5. The van der Waals surface area contributed by atoms with Crippen LogP contribution in [-0.2, 0) is 0 Å². The Bertz CT molecular complexity index is 185. The van der Waals surface area contributed by atoms with Crippen molar-refractivity contribution in [3.05, 3.63) is 12.2 Å². The van der Waals surface area contributed by atoms with Gasteiger partial charge in [-0.1, -0.05) is 38.7 Å². The average Bonchev–Trinajstić information content (AvgIpc) is 1.94. The molecule has 0 fully saturated rings. The van der Waals surface area contributed by atoms with Gasteiger partial charge >= 0.3 is 0 Å². The highest BCUT2D eigenvalue weighted by Crippen LogP contribution is 1.97. The average molecular weight is 180 g/mol. The summed E-state index contributed by atoms with van der Waals surface area (Å²) in [6, 6.07) is 0. The highest BCUT2D eigenvalue weighted by molar-refractivity contribution is 6.83. The summed E-state index contributed by atoms with van der Waals surface area (Å²) in [6.45, 7) is 9.00. The Kier molecular flexibility index (Phi) is 5.83. The number of hydrogen-bond donors (Lipinski definition) is 0. The van der Waals surface area contributed by atoms with Crippen molar-refractivity contribution in [1.82, 2.24) is 0 Å². The molecule has 0 rings (SSSR count). The third kappa shape index (κ3) is 9.52. The lowest BCUT2D eigenvalue weighted by atomic mass is 10.3. The van der Waals surface area contributed by atoms with E-state index >= 15 is 0 Å². The van der Waals surface area contributed by atoms with E-state index in [2.05, 4.69) is 50.2 Å². The smallest absolute Gasteiger partial charge is 0.129 e. The van der Waals surface area contributed by atoms with Gasteiger partial charge in [-0.05, 0) is 12.8 Å². The molecule has 0 amide bonds. The molecular formula is C11H20Si. The topological polar surface area (TPSA) is 0 Å². The van der Waals surface area contributed by atoms with Crippen molar-refractivity contribution >= 4 is 8.07 Å². The Hall–Kier alpha value is -0.483. The summed E-state index contributed by atoms with van der Waals surface area (Å²) in [6.07, 6.45) is 7.71. The minimum atomic E-state index is -1.11. The molecular weight excluding hydrogens is 160 g/mol. The third-order valence-electron chi connectivity index (χ3n) is 1.30. The van der Waals surface area contributed by atoms with E-state index in [1.807, 2.05) is 0 Å². The molecule has 0 aliphatic heterocycles. The van der Waals surface area contributed by atoms with Crippen LogP contribution in [0.25, 0.3) is 0 Å². The number of hydrogen-bond acceptors (Lipinski definition) is 0. The van der Waals surface area contributed by atoms with Gasteiger partial charge in [-0.15, -0.1) is 11.5 Å². The van der Waals surface area contributed by atoms with Crippen LogP contribution in [0.1, 0.15) is 26.2 Å². The summed E-state index contributed by atoms with van der Waals surface area (Å²) < 4.78 is 0. The van der Waals surface area contributed by atoms with Crippen LogP contribution in [0.2, 0.25) is 19.6 Å². The van der Waals surface area contributed by atoms with Crippen LogP contribution in [0.4, 0.5) is 0 Å². The van der Waals surface area contributed by atoms with Gasteiger partial charge in [0.15, 0.2) is 0 Å². The third-order valence-corrected chi connectivity index (χ3v) is 2.23. The normalized spacial score (nSPS) is 11.3. The maximum atomic E-state index is 3.35. The molecule has 0 heterocycles. The van der Waals surface area contributed by atoms with Gasteiger partial charge in [-0.25, -0.2) is 0 Å². The lowest BCUT2D eigenvalue weighted by Gasteiger charge is -2.02. The van der Waals surface area contributed by atoms with E-state index in [4.69, 9.17) is 0 Å². The maximum absolute atomic E-state index is 3.35. The minimum absolute atomic E-state index is 1.03. The van der Waals surface area contributed by atoms with Crippen LogP contribution in [-0.4, -0.2) is 8.07 Å².